The summed E-state index contributed by atoms with van der Waals surface area (Å²) in [7, 11) is 0. The van der Waals surface area contributed by atoms with Gasteiger partial charge in [0, 0.05) is 29.4 Å². The SMILES string of the molecule is CC1OC(Oc2ccc3oc4c(c(=O)c3c2)C(=O)c2c(ccc3cc5c(c(O)c23)C(=O)N2C(C)(C5)OC(=O)C2(C)CO)C4=O)CC(O)C1O. The fourth-order valence-electron chi connectivity index (χ4n) is 7.57. The molecule has 2 fully saturated rings. The number of hydrogen-bond acceptors (Lipinski definition) is 13. The van der Waals surface area contributed by atoms with Gasteiger partial charge in [0.15, 0.2) is 17.0 Å². The van der Waals surface area contributed by atoms with Crippen molar-refractivity contribution >= 4 is 45.2 Å². The Hall–Kier alpha value is -5.15. The van der Waals surface area contributed by atoms with Gasteiger partial charge in [-0.25, -0.2) is 4.79 Å². The first-order chi connectivity index (χ1) is 23.2. The number of amides is 1. The number of ketones is 2. The highest BCUT2D eigenvalue weighted by Gasteiger charge is 2.63. The number of aliphatic hydroxyl groups is 3. The number of esters is 1. The largest absolute Gasteiger partial charge is 0.506 e. The summed E-state index contributed by atoms with van der Waals surface area (Å²) in [5, 5.41) is 42.0. The molecule has 6 atom stereocenters. The van der Waals surface area contributed by atoms with Gasteiger partial charge in [-0.3, -0.25) is 24.1 Å². The van der Waals surface area contributed by atoms with Crippen LogP contribution in [0.15, 0.2) is 45.6 Å². The minimum absolute atomic E-state index is 0.00486. The Morgan fingerprint density at radius 1 is 0.980 bits per heavy atom. The van der Waals surface area contributed by atoms with Crippen molar-refractivity contribution < 1.29 is 58.2 Å². The lowest BCUT2D eigenvalue weighted by Gasteiger charge is -2.42. The molecule has 14 nitrogen and oxygen atoms in total. The van der Waals surface area contributed by atoms with Crippen LogP contribution >= 0.6 is 0 Å². The lowest BCUT2D eigenvalue weighted by molar-refractivity contribution is -0.216. The molecule has 2 saturated heterocycles. The Kier molecular flexibility index (Phi) is 6.47. The quantitative estimate of drug-likeness (QED) is 0.202. The number of aromatic hydroxyl groups is 1. The highest BCUT2D eigenvalue weighted by Crippen LogP contribution is 2.48. The average molecular weight is 672 g/mol. The summed E-state index contributed by atoms with van der Waals surface area (Å²) in [5.41, 5.74) is -4.98. The number of hydrogen-bond donors (Lipinski definition) is 4. The summed E-state index contributed by atoms with van der Waals surface area (Å²) < 4.78 is 22.8. The molecule has 4 aliphatic rings. The number of ether oxygens (including phenoxy) is 3. The van der Waals surface area contributed by atoms with E-state index in [-0.39, 0.29) is 57.0 Å². The van der Waals surface area contributed by atoms with Crippen molar-refractivity contribution in [2.75, 3.05) is 6.61 Å². The van der Waals surface area contributed by atoms with Gasteiger partial charge in [-0.2, -0.15) is 0 Å². The van der Waals surface area contributed by atoms with Gasteiger partial charge < -0.3 is 39.1 Å². The lowest BCUT2D eigenvalue weighted by atomic mass is 9.80. The number of benzene rings is 3. The molecule has 4 aromatic rings. The van der Waals surface area contributed by atoms with Crippen LogP contribution in [0.2, 0.25) is 0 Å². The summed E-state index contributed by atoms with van der Waals surface area (Å²) in [6.45, 7) is 3.70. The molecule has 8 rings (SSSR count). The molecular weight excluding hydrogens is 642 g/mol. The average Bonchev–Trinajstić information content (AvgIpc) is 3.26. The number of aliphatic hydroxyl groups excluding tert-OH is 3. The Morgan fingerprint density at radius 3 is 2.45 bits per heavy atom. The van der Waals surface area contributed by atoms with Gasteiger partial charge in [0.25, 0.3) is 5.91 Å². The normalized spacial score (nSPS) is 29.1. The van der Waals surface area contributed by atoms with Crippen molar-refractivity contribution in [3.8, 4) is 11.5 Å². The molecular formula is C35H29NO13. The molecule has 49 heavy (non-hydrogen) atoms. The van der Waals surface area contributed by atoms with Gasteiger partial charge in [-0.15, -0.1) is 0 Å². The number of nitrogens with zero attached hydrogens (tertiary/aromatic N) is 1. The maximum absolute atomic E-state index is 14.2. The third kappa shape index (κ3) is 4.11. The molecule has 3 aromatic carbocycles. The Morgan fingerprint density at radius 2 is 1.73 bits per heavy atom. The smallest absolute Gasteiger partial charge is 0.336 e. The Labute approximate surface area is 276 Å². The molecule has 1 aliphatic carbocycles. The van der Waals surface area contributed by atoms with Gasteiger partial charge in [-0.05, 0) is 62.1 Å². The van der Waals surface area contributed by atoms with Gasteiger partial charge in [0.05, 0.1) is 29.8 Å². The first-order valence-corrected chi connectivity index (χ1v) is 15.6. The van der Waals surface area contributed by atoms with E-state index in [1.165, 1.54) is 44.2 Å². The van der Waals surface area contributed by atoms with Gasteiger partial charge in [0.1, 0.15) is 28.7 Å². The monoisotopic (exact) mass is 671 g/mol. The summed E-state index contributed by atoms with van der Waals surface area (Å²) in [6, 6.07) is 8.59. The van der Waals surface area contributed by atoms with Crippen LogP contribution in [-0.2, 0) is 20.7 Å². The predicted molar refractivity (Wildman–Crippen MR) is 166 cm³/mol. The maximum Gasteiger partial charge on any atom is 0.336 e. The van der Waals surface area contributed by atoms with Crippen molar-refractivity contribution in [2.45, 2.75) is 69.5 Å². The molecule has 4 N–H and O–H groups in total. The second-order valence-electron chi connectivity index (χ2n) is 13.3. The second-order valence-corrected chi connectivity index (χ2v) is 13.3. The van der Waals surface area contributed by atoms with Crippen molar-refractivity contribution in [1.82, 2.24) is 4.90 Å². The highest BCUT2D eigenvalue weighted by atomic mass is 16.7. The van der Waals surface area contributed by atoms with Gasteiger partial charge in [-0.1, -0.05) is 6.07 Å². The standard InChI is InChI=1S/C35H29NO13/c1-13-26(39)19(38)10-21(46-13)47-16-5-7-20-18(9-16)27(40)25-30(43)24-17(28(41)31(25)48-20)6-4-14-8-15-11-35(3)36(34(2,12-37)33(45)49-35)32(44)23(15)29(42)22(14)24/h4-9,13,19,21,26,37-39,42H,10-12H2,1-3H3. The van der Waals surface area contributed by atoms with Crippen LogP contribution in [0.1, 0.15) is 75.2 Å². The van der Waals surface area contributed by atoms with E-state index in [0.29, 0.717) is 5.56 Å². The zero-order valence-electron chi connectivity index (χ0n) is 26.3. The second kappa shape index (κ2) is 10.2. The minimum Gasteiger partial charge on any atom is -0.506 e. The zero-order valence-corrected chi connectivity index (χ0v) is 26.3. The lowest BCUT2D eigenvalue weighted by Crippen LogP contribution is -2.60. The summed E-state index contributed by atoms with van der Waals surface area (Å²) >= 11 is 0. The topological polar surface area (TPSA) is 210 Å². The number of rotatable bonds is 3. The zero-order chi connectivity index (χ0) is 34.9. The number of fused-ring (bicyclic) bond motifs is 7. The van der Waals surface area contributed by atoms with Gasteiger partial charge >= 0.3 is 5.97 Å². The van der Waals surface area contributed by atoms with Crippen molar-refractivity contribution in [3.05, 3.63) is 80.2 Å². The molecule has 1 amide bonds. The molecule has 4 heterocycles. The fraction of sp³-hybridized carbons (Fsp3) is 0.343. The number of phenolic OH excluding ortho intramolecular Hbond substituents is 1. The van der Waals surface area contributed by atoms with E-state index in [4.69, 9.17) is 18.6 Å². The minimum atomic E-state index is -1.74. The van der Waals surface area contributed by atoms with Crippen LogP contribution in [0.5, 0.6) is 11.5 Å². The van der Waals surface area contributed by atoms with E-state index in [9.17, 15) is 44.4 Å². The summed E-state index contributed by atoms with van der Waals surface area (Å²) in [5.74, 6) is -4.32. The van der Waals surface area contributed by atoms with Crippen LogP contribution in [0, 0.1) is 0 Å². The number of carbonyl (C=O) groups is 4. The van der Waals surface area contributed by atoms with Gasteiger partial charge in [0.2, 0.25) is 23.3 Å². The molecule has 3 aliphatic heterocycles. The van der Waals surface area contributed by atoms with E-state index < -0.39 is 88.4 Å². The van der Waals surface area contributed by atoms with Crippen LogP contribution < -0.4 is 10.2 Å². The van der Waals surface area contributed by atoms with E-state index in [1.54, 1.807) is 13.0 Å². The maximum atomic E-state index is 14.2. The molecule has 0 spiro atoms. The van der Waals surface area contributed by atoms with Crippen LogP contribution in [0.25, 0.3) is 21.7 Å². The van der Waals surface area contributed by atoms with Crippen LogP contribution in [-0.4, -0.2) is 91.2 Å². The Balaban J connectivity index is 1.25. The molecule has 0 saturated carbocycles. The van der Waals surface area contributed by atoms with Crippen LogP contribution in [0.3, 0.4) is 0 Å². The number of carbonyl (C=O) groups excluding carboxylic acids is 4. The molecule has 252 valence electrons. The molecule has 6 unspecified atom stereocenters. The fourth-order valence-corrected chi connectivity index (χ4v) is 7.57. The predicted octanol–water partition coefficient (Wildman–Crippen LogP) is 1.68. The third-order valence-electron chi connectivity index (χ3n) is 10.0. The van der Waals surface area contributed by atoms with E-state index in [0.717, 1.165) is 4.90 Å². The van der Waals surface area contributed by atoms with E-state index >= 15 is 0 Å². The highest BCUT2D eigenvalue weighted by molar-refractivity contribution is 6.32. The first kappa shape index (κ1) is 31.1. The number of phenols is 1. The molecule has 0 bridgehead atoms. The van der Waals surface area contributed by atoms with E-state index in [2.05, 4.69) is 0 Å². The first-order valence-electron chi connectivity index (χ1n) is 15.6. The van der Waals surface area contributed by atoms with Crippen LogP contribution in [0.4, 0.5) is 0 Å². The van der Waals surface area contributed by atoms with Crippen molar-refractivity contribution in [2.24, 2.45) is 0 Å². The van der Waals surface area contributed by atoms with E-state index in [1.807, 2.05) is 0 Å². The summed E-state index contributed by atoms with van der Waals surface area (Å²) in [6.07, 6.45) is -3.95. The van der Waals surface area contributed by atoms with Crippen molar-refractivity contribution in [3.63, 3.8) is 0 Å². The molecule has 1 aromatic heterocycles. The molecule has 0 radical (unpaired) electrons. The Bertz CT molecular complexity index is 2260. The summed E-state index contributed by atoms with van der Waals surface area (Å²) in [4.78, 5) is 69.9. The third-order valence-corrected chi connectivity index (χ3v) is 10.0. The van der Waals surface area contributed by atoms with Crippen molar-refractivity contribution in [1.29, 1.82) is 0 Å². The molecule has 14 heteroatoms.